The van der Waals surface area contributed by atoms with Crippen molar-refractivity contribution in [1.29, 1.82) is 0 Å². The van der Waals surface area contributed by atoms with Crippen molar-refractivity contribution in [2.45, 2.75) is 36.6 Å². The van der Waals surface area contributed by atoms with E-state index in [9.17, 15) is 22.4 Å². The molecule has 7 nitrogen and oxygen atoms in total. The molecule has 3 rings (SSSR count). The van der Waals surface area contributed by atoms with Crippen molar-refractivity contribution in [3.63, 3.8) is 0 Å². The Kier molecular flexibility index (Phi) is 5.03. The number of rotatable bonds is 4. The van der Waals surface area contributed by atoms with Crippen molar-refractivity contribution in [2.75, 3.05) is 13.7 Å². The largest absolute Gasteiger partial charge is 0.478 e. The van der Waals surface area contributed by atoms with Gasteiger partial charge in [-0.15, -0.1) is 0 Å². The number of aromatic carboxylic acids is 1. The summed E-state index contributed by atoms with van der Waals surface area (Å²) in [6.45, 7) is 0.225. The van der Waals surface area contributed by atoms with Gasteiger partial charge >= 0.3 is 11.9 Å². The summed E-state index contributed by atoms with van der Waals surface area (Å²) in [6, 6.07) is 2.44. The number of methoxy groups -OCH3 is 1. The number of ether oxygens (including phenoxy) is 1. The van der Waals surface area contributed by atoms with Gasteiger partial charge in [-0.25, -0.2) is 17.6 Å². The van der Waals surface area contributed by atoms with Crippen LogP contribution in [0.1, 0.15) is 36.0 Å². The molecular weight excluding hydrogens is 365 g/mol. The first-order chi connectivity index (χ1) is 12.3. The summed E-state index contributed by atoms with van der Waals surface area (Å²) in [5.41, 5.74) is -0.282. The molecule has 3 atom stereocenters. The molecule has 9 heteroatoms. The second-order valence-corrected chi connectivity index (χ2v) is 8.57. The molecule has 0 amide bonds. The average molecular weight is 385 g/mol. The van der Waals surface area contributed by atoms with Crippen molar-refractivity contribution < 1.29 is 32.2 Å². The summed E-state index contributed by atoms with van der Waals surface area (Å²) < 4.78 is 46.1. The zero-order valence-electron chi connectivity index (χ0n) is 14.2. The van der Waals surface area contributed by atoms with Gasteiger partial charge in [0.25, 0.3) is 0 Å². The summed E-state index contributed by atoms with van der Waals surface area (Å²) in [5, 5.41) is 9.05. The SMILES string of the molecule is COC(=O)C1CCC2C(CCN2S(=O)(=O)c2cc(C(=O)O)ccc2F)C1. The van der Waals surface area contributed by atoms with Gasteiger partial charge in [-0.1, -0.05) is 0 Å². The minimum absolute atomic E-state index is 0.00772. The molecule has 1 saturated carbocycles. The van der Waals surface area contributed by atoms with Crippen LogP contribution in [0.15, 0.2) is 23.1 Å². The van der Waals surface area contributed by atoms with Crippen LogP contribution in [0.5, 0.6) is 0 Å². The topological polar surface area (TPSA) is 101 Å². The number of carbonyl (C=O) groups is 2. The van der Waals surface area contributed by atoms with E-state index in [1.807, 2.05) is 0 Å². The molecule has 0 bridgehead atoms. The van der Waals surface area contributed by atoms with Crippen molar-refractivity contribution in [3.05, 3.63) is 29.6 Å². The van der Waals surface area contributed by atoms with Crippen LogP contribution in [-0.4, -0.2) is 49.5 Å². The molecule has 26 heavy (non-hydrogen) atoms. The van der Waals surface area contributed by atoms with Crippen molar-refractivity contribution in [3.8, 4) is 0 Å². The van der Waals surface area contributed by atoms with E-state index in [1.54, 1.807) is 0 Å². The Hall–Kier alpha value is -2.00. The average Bonchev–Trinajstić information content (AvgIpc) is 3.04. The number of fused-ring (bicyclic) bond motifs is 1. The molecule has 0 aromatic heterocycles. The zero-order valence-corrected chi connectivity index (χ0v) is 15.0. The first kappa shape index (κ1) is 18.8. The van der Waals surface area contributed by atoms with Gasteiger partial charge < -0.3 is 9.84 Å². The number of sulfonamides is 1. The second kappa shape index (κ2) is 6.96. The van der Waals surface area contributed by atoms with E-state index in [1.165, 1.54) is 11.4 Å². The van der Waals surface area contributed by atoms with Gasteiger partial charge in [-0.2, -0.15) is 4.31 Å². The summed E-state index contributed by atoms with van der Waals surface area (Å²) >= 11 is 0. The molecule has 2 aliphatic rings. The van der Waals surface area contributed by atoms with Crippen LogP contribution < -0.4 is 0 Å². The summed E-state index contributed by atoms with van der Waals surface area (Å²) in [4.78, 5) is 22.2. The lowest BCUT2D eigenvalue weighted by molar-refractivity contribution is -0.147. The van der Waals surface area contributed by atoms with E-state index in [2.05, 4.69) is 0 Å². The summed E-state index contributed by atoms with van der Waals surface area (Å²) in [7, 11) is -2.83. The molecule has 1 aliphatic heterocycles. The third-order valence-electron chi connectivity index (χ3n) is 5.33. The predicted octanol–water partition coefficient (Wildman–Crippen LogP) is 1.88. The van der Waals surface area contributed by atoms with Crippen LogP contribution in [0.25, 0.3) is 0 Å². The van der Waals surface area contributed by atoms with E-state index >= 15 is 0 Å². The molecule has 1 N–H and O–H groups in total. The fraction of sp³-hybridized carbons (Fsp3) is 0.529. The molecule has 0 radical (unpaired) electrons. The third kappa shape index (κ3) is 3.21. The van der Waals surface area contributed by atoms with Gasteiger partial charge in [-0.3, -0.25) is 4.79 Å². The molecule has 142 valence electrons. The number of hydrogen-bond donors (Lipinski definition) is 1. The molecule has 1 aliphatic carbocycles. The lowest BCUT2D eigenvalue weighted by Gasteiger charge is -2.34. The number of carboxylic acids is 1. The number of benzene rings is 1. The number of carbonyl (C=O) groups excluding carboxylic acids is 1. The lowest BCUT2D eigenvalue weighted by Crippen LogP contribution is -2.42. The number of nitrogens with zero attached hydrogens (tertiary/aromatic N) is 1. The Morgan fingerprint density at radius 2 is 2.00 bits per heavy atom. The molecule has 0 spiro atoms. The fourth-order valence-corrected chi connectivity index (χ4v) is 5.86. The zero-order chi connectivity index (χ0) is 19.1. The normalized spacial score (nSPS) is 26.3. The maximum Gasteiger partial charge on any atom is 0.335 e. The van der Waals surface area contributed by atoms with Crippen molar-refractivity contribution in [2.24, 2.45) is 11.8 Å². The highest BCUT2D eigenvalue weighted by atomic mass is 32.2. The number of esters is 1. The Bertz CT molecular complexity index is 840. The number of halogens is 1. The van der Waals surface area contributed by atoms with Gasteiger partial charge in [-0.05, 0) is 49.8 Å². The highest BCUT2D eigenvalue weighted by Crippen LogP contribution is 2.42. The van der Waals surface area contributed by atoms with Gasteiger partial charge in [0.05, 0.1) is 18.6 Å². The molecule has 2 fully saturated rings. The maximum absolute atomic E-state index is 14.2. The van der Waals surface area contributed by atoms with Gasteiger partial charge in [0.2, 0.25) is 10.0 Å². The Morgan fingerprint density at radius 1 is 1.27 bits per heavy atom. The van der Waals surface area contributed by atoms with Crippen LogP contribution in [0.4, 0.5) is 4.39 Å². The molecule has 1 aromatic carbocycles. The van der Waals surface area contributed by atoms with Crippen molar-refractivity contribution in [1.82, 2.24) is 4.31 Å². The maximum atomic E-state index is 14.2. The minimum Gasteiger partial charge on any atom is -0.478 e. The van der Waals surface area contributed by atoms with E-state index in [0.29, 0.717) is 25.7 Å². The number of carboxylic acid groups (broad SMARTS) is 1. The minimum atomic E-state index is -4.16. The quantitative estimate of drug-likeness (QED) is 0.794. The molecule has 1 heterocycles. The molecule has 1 aromatic rings. The lowest BCUT2D eigenvalue weighted by atomic mass is 9.78. The standard InChI is InChI=1S/C17H20FNO6S/c1-25-17(22)12-3-5-14-10(8-12)6-7-19(14)26(23,24)15-9-11(16(20)21)2-4-13(15)18/h2,4,9-10,12,14H,3,5-8H2,1H3,(H,20,21). The van der Waals surface area contributed by atoms with E-state index in [4.69, 9.17) is 9.84 Å². The second-order valence-electron chi connectivity index (χ2n) is 6.72. The fourth-order valence-electron chi connectivity index (χ4n) is 4.04. The Labute approximate surface area is 150 Å². The molecule has 1 saturated heterocycles. The van der Waals surface area contributed by atoms with Crippen LogP contribution in [-0.2, 0) is 19.6 Å². The van der Waals surface area contributed by atoms with Crippen LogP contribution in [0.2, 0.25) is 0 Å². The van der Waals surface area contributed by atoms with Crippen LogP contribution >= 0.6 is 0 Å². The van der Waals surface area contributed by atoms with E-state index in [-0.39, 0.29) is 36.0 Å². The monoisotopic (exact) mass is 385 g/mol. The summed E-state index contributed by atoms with van der Waals surface area (Å²) in [6.07, 6.45) is 2.13. The highest BCUT2D eigenvalue weighted by molar-refractivity contribution is 7.89. The smallest absolute Gasteiger partial charge is 0.335 e. The summed E-state index contributed by atoms with van der Waals surface area (Å²) in [5.74, 6) is -2.81. The Balaban J connectivity index is 1.87. The van der Waals surface area contributed by atoms with Crippen LogP contribution in [0.3, 0.4) is 0 Å². The van der Waals surface area contributed by atoms with Gasteiger partial charge in [0, 0.05) is 12.6 Å². The van der Waals surface area contributed by atoms with Crippen molar-refractivity contribution >= 4 is 22.0 Å². The highest BCUT2D eigenvalue weighted by Gasteiger charge is 2.46. The molecular formula is C17H20FNO6S. The first-order valence-corrected chi connectivity index (χ1v) is 9.82. The van der Waals surface area contributed by atoms with E-state index in [0.717, 1.165) is 18.2 Å². The van der Waals surface area contributed by atoms with Crippen LogP contribution in [0, 0.1) is 17.7 Å². The third-order valence-corrected chi connectivity index (χ3v) is 7.27. The van der Waals surface area contributed by atoms with Gasteiger partial charge in [0.1, 0.15) is 10.7 Å². The predicted molar refractivity (Wildman–Crippen MR) is 88.5 cm³/mol. The molecule has 3 unspecified atom stereocenters. The van der Waals surface area contributed by atoms with E-state index < -0.39 is 26.7 Å². The Morgan fingerprint density at radius 3 is 2.65 bits per heavy atom. The number of hydrogen-bond acceptors (Lipinski definition) is 5. The first-order valence-electron chi connectivity index (χ1n) is 8.38. The van der Waals surface area contributed by atoms with Gasteiger partial charge in [0.15, 0.2) is 0 Å².